The highest BCUT2D eigenvalue weighted by molar-refractivity contribution is 5.81. The lowest BCUT2D eigenvalue weighted by Gasteiger charge is -2.14. The third kappa shape index (κ3) is 17.7. The summed E-state index contributed by atoms with van der Waals surface area (Å²) in [5, 5.41) is 14.0. The molecule has 0 spiro atoms. The van der Waals surface area contributed by atoms with Crippen LogP contribution in [0.4, 0.5) is 4.39 Å². The molecule has 2 N–H and O–H groups in total. The van der Waals surface area contributed by atoms with E-state index in [0.29, 0.717) is 82.8 Å². The number of fused-ring (bicyclic) bond motifs is 5. The number of nitrogens with zero attached hydrogens (tertiary/aromatic N) is 3. The fourth-order valence-electron chi connectivity index (χ4n) is 14.4. The van der Waals surface area contributed by atoms with Crippen LogP contribution in [-0.2, 0) is 32.1 Å². The van der Waals surface area contributed by atoms with Gasteiger partial charge in [0, 0.05) is 29.6 Å². The number of allylic oxidation sites excluding steroid dienone is 10. The third-order valence-electron chi connectivity index (χ3n) is 18.7. The van der Waals surface area contributed by atoms with E-state index in [2.05, 4.69) is 228 Å². The Hall–Kier alpha value is -6.80. The van der Waals surface area contributed by atoms with E-state index in [1.54, 1.807) is 42.5 Å². The lowest BCUT2D eigenvalue weighted by atomic mass is 9.91. The number of phenols is 1. The summed E-state index contributed by atoms with van der Waals surface area (Å²) in [7, 11) is 1.67. The summed E-state index contributed by atoms with van der Waals surface area (Å²) in [5.74, 6) is 7.12. The van der Waals surface area contributed by atoms with Crippen molar-refractivity contribution < 1.29 is 14.2 Å². The number of aromatic hydroxyl groups is 1. The van der Waals surface area contributed by atoms with Crippen molar-refractivity contribution in [2.45, 2.75) is 217 Å². The van der Waals surface area contributed by atoms with Crippen LogP contribution in [0.2, 0.25) is 0 Å². The topological polar surface area (TPSA) is 93.0 Å². The van der Waals surface area contributed by atoms with Crippen molar-refractivity contribution in [3.05, 3.63) is 202 Å². The van der Waals surface area contributed by atoms with Gasteiger partial charge in [-0.25, -0.2) is 9.37 Å². The van der Waals surface area contributed by atoms with E-state index < -0.39 is 0 Å². The van der Waals surface area contributed by atoms with Gasteiger partial charge in [0.15, 0.2) is 0 Å². The second-order valence-corrected chi connectivity index (χ2v) is 29.9. The van der Waals surface area contributed by atoms with Crippen LogP contribution in [0, 0.1) is 71.9 Å². The van der Waals surface area contributed by atoms with Gasteiger partial charge in [0.05, 0.1) is 18.5 Å². The van der Waals surface area contributed by atoms with Crippen LogP contribution in [-0.4, -0.2) is 32.0 Å². The molecule has 0 saturated heterocycles. The number of H-pyrrole nitrogens is 1. The summed E-state index contributed by atoms with van der Waals surface area (Å²) in [6, 6.07) is 30.2. The van der Waals surface area contributed by atoms with E-state index in [9.17, 15) is 14.3 Å². The number of rotatable bonds is 13. The minimum absolute atomic E-state index is 0.00176. The predicted octanol–water partition coefficient (Wildman–Crippen LogP) is 22.4. The highest BCUT2D eigenvalue weighted by atomic mass is 19.1. The molecule has 0 amide bonds. The van der Waals surface area contributed by atoms with Crippen LogP contribution in [0.15, 0.2) is 124 Å². The molecular weight excluding hydrogens is 1130 g/mol. The van der Waals surface area contributed by atoms with Gasteiger partial charge in [-0.05, 0) is 221 Å². The summed E-state index contributed by atoms with van der Waals surface area (Å²) in [4.78, 5) is 19.0. The lowest BCUT2D eigenvalue weighted by molar-refractivity contribution is 0.397. The zero-order valence-corrected chi connectivity index (χ0v) is 61.6. The first-order valence-corrected chi connectivity index (χ1v) is 34.9. The second-order valence-electron chi connectivity index (χ2n) is 29.9. The minimum Gasteiger partial charge on any atom is -0.508 e. The molecule has 3 heterocycles. The number of hydrogen-bond acceptors (Lipinski definition) is 5. The van der Waals surface area contributed by atoms with Crippen LogP contribution in [0.3, 0.4) is 0 Å². The molecule has 92 heavy (non-hydrogen) atoms. The fraction of sp³-hybridized carbons (Fsp3) is 0.512. The van der Waals surface area contributed by atoms with Crippen LogP contribution in [0.1, 0.15) is 245 Å². The summed E-state index contributed by atoms with van der Waals surface area (Å²) in [5.41, 5.74) is 30.2. The van der Waals surface area contributed by atoms with Crippen LogP contribution < -0.4 is 10.3 Å². The Morgan fingerprint density at radius 2 is 0.859 bits per heavy atom. The first-order valence-electron chi connectivity index (χ1n) is 34.9. The van der Waals surface area contributed by atoms with Gasteiger partial charge < -0.3 is 14.8 Å². The van der Waals surface area contributed by atoms with Crippen molar-refractivity contribution >= 4 is 27.9 Å². The van der Waals surface area contributed by atoms with Crippen molar-refractivity contribution in [3.63, 3.8) is 0 Å². The Kier molecular flexibility index (Phi) is 26.1. The second kappa shape index (κ2) is 32.4. The Bertz CT molecular complexity index is 3630. The maximum atomic E-state index is 13.3. The molecule has 11 rings (SSSR count). The first kappa shape index (κ1) is 74.2. The van der Waals surface area contributed by atoms with Gasteiger partial charge >= 0.3 is 0 Å². The first-order chi connectivity index (χ1) is 43.2. The molecule has 3 aromatic carbocycles. The number of aryl methyl sites for hydroxylation is 1. The molecule has 0 bridgehead atoms. The average molecular weight is 1250 g/mol. The van der Waals surface area contributed by atoms with Crippen molar-refractivity contribution in [2.75, 3.05) is 7.11 Å². The highest BCUT2D eigenvalue weighted by Gasteiger charge is 2.30. The zero-order chi connectivity index (χ0) is 68.5. The monoisotopic (exact) mass is 1250 g/mol. The molecule has 498 valence electrons. The van der Waals surface area contributed by atoms with Crippen molar-refractivity contribution in [1.82, 2.24) is 19.7 Å². The number of pyridine rings is 2. The molecule has 7 nitrogen and oxygen atoms in total. The predicted molar refractivity (Wildman–Crippen MR) is 392 cm³/mol. The molecule has 0 radical (unpaired) electrons. The van der Waals surface area contributed by atoms with Crippen molar-refractivity contribution in [2.24, 2.45) is 59.2 Å². The Labute approximate surface area is 556 Å². The Balaban J connectivity index is 0.000000176. The smallest absolute Gasteiger partial charge is 0.248 e. The maximum Gasteiger partial charge on any atom is 0.248 e. The van der Waals surface area contributed by atoms with Gasteiger partial charge in [-0.2, -0.15) is 5.10 Å². The van der Waals surface area contributed by atoms with Gasteiger partial charge in [-0.1, -0.05) is 229 Å². The average Bonchev–Trinajstić information content (AvgIpc) is 1.73. The lowest BCUT2D eigenvalue weighted by Crippen LogP contribution is -2.08. The number of aromatic amines is 1. The normalized spacial score (nSPS) is 14.6. The molecule has 0 aliphatic heterocycles. The van der Waals surface area contributed by atoms with E-state index >= 15 is 0 Å². The van der Waals surface area contributed by atoms with E-state index in [1.165, 1.54) is 95.6 Å². The molecule has 5 aliphatic rings. The van der Waals surface area contributed by atoms with Crippen LogP contribution in [0.25, 0.3) is 27.9 Å². The van der Waals surface area contributed by atoms with E-state index in [-0.39, 0.29) is 11.4 Å². The molecule has 0 saturated carbocycles. The number of hydrogen-bond donors (Lipinski definition) is 2. The number of phenolic OH excluding ortho intramolecular Hbond substituents is 1. The highest BCUT2D eigenvalue weighted by Crippen LogP contribution is 2.45. The van der Waals surface area contributed by atoms with Crippen LogP contribution in [0.5, 0.6) is 11.6 Å². The molecule has 0 unspecified atom stereocenters. The zero-order valence-electron chi connectivity index (χ0n) is 61.6. The third-order valence-corrected chi connectivity index (χ3v) is 18.7. The van der Waals surface area contributed by atoms with Gasteiger partial charge in [0.2, 0.25) is 11.4 Å². The fourth-order valence-corrected chi connectivity index (χ4v) is 14.4. The Morgan fingerprint density at radius 1 is 0.446 bits per heavy atom. The SMILES string of the molecule is CC(C)C1=C(C(C)C)c2[nH]c(=O)ccc2C1.CC(C)C1=C(C(C)C)c2cc(F)ccc2C1.CC(C)C1=C(C(C)C)c2cc(O)ccc2C1.CC(C)C1=C(C(C)C)c2ccccc2C1.COc1ccc2c(n1)C(C(C)C)=C(C(C)C)C2.Cc1cc(C(C)C)n(C(C)C)n1. The van der Waals surface area contributed by atoms with Gasteiger partial charge in [0.25, 0.3) is 0 Å². The number of nitrogens with one attached hydrogen (secondary N) is 1. The van der Waals surface area contributed by atoms with E-state index in [0.717, 1.165) is 48.3 Å². The number of methoxy groups -OCH3 is 1. The summed E-state index contributed by atoms with van der Waals surface area (Å²) >= 11 is 0. The van der Waals surface area contributed by atoms with Gasteiger partial charge in [-0.3, -0.25) is 9.48 Å². The molecule has 5 aliphatic carbocycles. The molecule has 0 atom stereocenters. The van der Waals surface area contributed by atoms with Crippen molar-refractivity contribution in [3.8, 4) is 11.6 Å². The quantitative estimate of drug-likeness (QED) is 0.120. The minimum atomic E-state index is -0.123. The van der Waals surface area contributed by atoms with E-state index in [4.69, 9.17) is 4.74 Å². The van der Waals surface area contributed by atoms with Gasteiger partial charge in [0.1, 0.15) is 11.6 Å². The standard InChI is InChI=1S/C15H19F.C15H21NO.C15H20O.C15H20.C14H19NO.C10H18N2/c1-9(2)13-7-11-5-6-12(16)8-14(11)15(13)10(3)4;1-9(2)12-8-11-6-7-13(17-5)16-15(11)14(12)10(3)4;1-9(2)13-7-11-5-6-12(16)8-14(11)15(13)10(3)4;1-10(2)14-9-12-7-5-6-8-13(12)15(14)11(3)4;1-8(2)11-7-10-5-6-12(16)15-14(10)13(11)9(3)4;1-7(2)10-6-9(5)11-12(10)8(3)4/h5-6,8-10H,7H2,1-4H3;6-7,9-10H,8H2,1-5H3;5-6,8-10,16H,7H2,1-4H3;5-8,10-11H,9H2,1-4H3;5-6,8-9H,7H2,1-4H3,(H,15,16);6-8H,1-5H3. The molecule has 3 aromatic heterocycles. The van der Waals surface area contributed by atoms with Gasteiger partial charge in [-0.15, -0.1) is 0 Å². The van der Waals surface area contributed by atoms with Crippen LogP contribution >= 0.6 is 0 Å². The largest absolute Gasteiger partial charge is 0.508 e. The molecule has 8 heteroatoms. The number of aromatic nitrogens is 4. The molecular formula is C84H117FN4O3. The Morgan fingerprint density at radius 3 is 1.33 bits per heavy atom. The molecule has 0 fully saturated rings. The number of benzene rings is 3. The number of ether oxygens (including phenoxy) is 1. The summed E-state index contributed by atoms with van der Waals surface area (Å²) in [6.45, 7) is 55.7. The van der Waals surface area contributed by atoms with E-state index in [1.807, 2.05) is 31.2 Å². The molecule has 6 aromatic rings. The summed E-state index contributed by atoms with van der Waals surface area (Å²) in [6.07, 6.45) is 5.28. The van der Waals surface area contributed by atoms with Crippen molar-refractivity contribution in [1.29, 1.82) is 0 Å². The summed E-state index contributed by atoms with van der Waals surface area (Å²) < 4.78 is 20.6. The maximum absolute atomic E-state index is 13.3. The number of halogens is 1.